The Bertz CT molecular complexity index is 345. The average molecular weight is 282 g/mol. The molecule has 3 nitrogen and oxygen atoms in total. The first-order chi connectivity index (χ1) is 9.01. The summed E-state index contributed by atoms with van der Waals surface area (Å²) < 4.78 is 0. The van der Waals surface area contributed by atoms with Gasteiger partial charge in [-0.3, -0.25) is 10.1 Å². The van der Waals surface area contributed by atoms with Crippen molar-refractivity contribution >= 4 is 5.91 Å². The summed E-state index contributed by atoms with van der Waals surface area (Å²) in [4.78, 5) is 14.9. The fourth-order valence-electron chi connectivity index (χ4n) is 2.63. The van der Waals surface area contributed by atoms with Crippen LogP contribution in [0.3, 0.4) is 0 Å². The number of nitrogens with one attached hydrogen (secondary N) is 1. The van der Waals surface area contributed by atoms with Crippen molar-refractivity contribution in [2.75, 3.05) is 6.54 Å². The highest BCUT2D eigenvalue weighted by Crippen LogP contribution is 2.32. The van der Waals surface area contributed by atoms with E-state index in [2.05, 4.69) is 58.7 Å². The third-order valence-corrected chi connectivity index (χ3v) is 4.95. The van der Waals surface area contributed by atoms with Crippen LogP contribution in [0.15, 0.2) is 0 Å². The molecule has 1 amide bonds. The second-order valence-electron chi connectivity index (χ2n) is 8.20. The molecule has 1 aliphatic rings. The number of rotatable bonds is 5. The van der Waals surface area contributed by atoms with Crippen LogP contribution in [0.25, 0.3) is 0 Å². The predicted octanol–water partition coefficient (Wildman–Crippen LogP) is 3.64. The molecule has 20 heavy (non-hydrogen) atoms. The quantitative estimate of drug-likeness (QED) is 0.835. The molecule has 3 heteroatoms. The molecule has 0 aromatic carbocycles. The molecule has 1 fully saturated rings. The van der Waals surface area contributed by atoms with Crippen molar-refractivity contribution in [2.24, 2.45) is 17.3 Å². The van der Waals surface area contributed by atoms with Gasteiger partial charge in [0.15, 0.2) is 0 Å². The summed E-state index contributed by atoms with van der Waals surface area (Å²) in [5.74, 6) is 1.36. The molecule has 1 heterocycles. The lowest BCUT2D eigenvalue weighted by Crippen LogP contribution is -2.44. The Kier molecular flexibility index (Phi) is 5.29. The molecule has 1 aliphatic heterocycles. The fourth-order valence-corrected chi connectivity index (χ4v) is 2.63. The van der Waals surface area contributed by atoms with Gasteiger partial charge in [0.25, 0.3) is 0 Å². The minimum absolute atomic E-state index is 0.192. The highest BCUT2D eigenvalue weighted by atomic mass is 16.2. The van der Waals surface area contributed by atoms with Crippen LogP contribution in [0.1, 0.15) is 68.2 Å². The van der Waals surface area contributed by atoms with Gasteiger partial charge in [0, 0.05) is 6.54 Å². The molecule has 3 unspecified atom stereocenters. The molecule has 0 aromatic rings. The summed E-state index contributed by atoms with van der Waals surface area (Å²) in [6, 6.07) is 0. The van der Waals surface area contributed by atoms with E-state index in [1.54, 1.807) is 0 Å². The molecule has 3 atom stereocenters. The molecule has 1 saturated heterocycles. The highest BCUT2D eigenvalue weighted by molar-refractivity contribution is 5.88. The van der Waals surface area contributed by atoms with E-state index < -0.39 is 0 Å². The second kappa shape index (κ2) is 6.05. The Morgan fingerprint density at radius 2 is 1.85 bits per heavy atom. The van der Waals surface area contributed by atoms with E-state index in [1.165, 1.54) is 0 Å². The van der Waals surface area contributed by atoms with E-state index in [9.17, 15) is 4.79 Å². The second-order valence-corrected chi connectivity index (χ2v) is 8.20. The number of carbonyl (C=O) groups excluding carboxylic acids is 1. The van der Waals surface area contributed by atoms with Gasteiger partial charge in [-0.15, -0.1) is 0 Å². The topological polar surface area (TPSA) is 32.3 Å². The summed E-state index contributed by atoms with van der Waals surface area (Å²) in [5, 5.41) is 3.58. The van der Waals surface area contributed by atoms with Crippen molar-refractivity contribution in [2.45, 2.75) is 79.9 Å². The van der Waals surface area contributed by atoms with Gasteiger partial charge < -0.3 is 4.90 Å². The molecule has 0 aliphatic carbocycles. The predicted molar refractivity (Wildman–Crippen MR) is 85.4 cm³/mol. The zero-order chi connectivity index (χ0) is 15.7. The largest absolute Gasteiger partial charge is 0.325 e. The minimum Gasteiger partial charge on any atom is -0.325 e. The number of hydrogen-bond donors (Lipinski definition) is 1. The molecule has 0 radical (unpaired) electrons. The Balaban J connectivity index is 2.90. The lowest BCUT2D eigenvalue weighted by atomic mass is 9.81. The van der Waals surface area contributed by atoms with Crippen LogP contribution < -0.4 is 5.32 Å². The fraction of sp³-hybridized carbons (Fsp3) is 0.941. The molecule has 1 rings (SSSR count). The molecule has 118 valence electrons. The lowest BCUT2D eigenvalue weighted by molar-refractivity contribution is -0.134. The van der Waals surface area contributed by atoms with E-state index in [-0.39, 0.29) is 23.0 Å². The lowest BCUT2D eigenvalue weighted by Gasteiger charge is -2.34. The number of hydrogen-bond acceptors (Lipinski definition) is 2. The van der Waals surface area contributed by atoms with Crippen molar-refractivity contribution in [1.29, 1.82) is 0 Å². The van der Waals surface area contributed by atoms with Crippen molar-refractivity contribution in [3.63, 3.8) is 0 Å². The molecular weight excluding hydrogens is 248 g/mol. The molecule has 0 spiro atoms. The van der Waals surface area contributed by atoms with Gasteiger partial charge in [-0.25, -0.2) is 0 Å². The Morgan fingerprint density at radius 1 is 1.30 bits per heavy atom. The van der Waals surface area contributed by atoms with Gasteiger partial charge >= 0.3 is 0 Å². The van der Waals surface area contributed by atoms with Crippen LogP contribution in [0.2, 0.25) is 0 Å². The van der Waals surface area contributed by atoms with Gasteiger partial charge in [0.2, 0.25) is 5.91 Å². The maximum atomic E-state index is 12.8. The first-order valence-electron chi connectivity index (χ1n) is 8.10. The van der Waals surface area contributed by atoms with Gasteiger partial charge in [-0.05, 0) is 37.0 Å². The number of carbonyl (C=O) groups is 1. The Labute approximate surface area is 125 Å². The van der Waals surface area contributed by atoms with Gasteiger partial charge in [0.05, 0.1) is 11.7 Å². The zero-order valence-corrected chi connectivity index (χ0v) is 14.7. The Hall–Kier alpha value is -0.570. The highest BCUT2D eigenvalue weighted by Gasteiger charge is 2.47. The van der Waals surface area contributed by atoms with Gasteiger partial charge in [0.1, 0.15) is 0 Å². The molecule has 1 N–H and O–H groups in total. The van der Waals surface area contributed by atoms with Crippen molar-refractivity contribution in [1.82, 2.24) is 10.2 Å². The normalized spacial score (nSPS) is 29.4. The standard InChI is InChI=1S/C17H34N2O/c1-9-17(8)15(20)19(11-13(4)16(5,6)7)14(18-17)10-12(2)3/h12-14,18H,9-11H2,1-8H3. The van der Waals surface area contributed by atoms with Crippen molar-refractivity contribution in [3.8, 4) is 0 Å². The van der Waals surface area contributed by atoms with Gasteiger partial charge in [-0.2, -0.15) is 0 Å². The van der Waals surface area contributed by atoms with E-state index in [1.807, 2.05) is 6.92 Å². The van der Waals surface area contributed by atoms with Crippen molar-refractivity contribution < 1.29 is 4.79 Å². The van der Waals surface area contributed by atoms with E-state index in [4.69, 9.17) is 0 Å². The summed E-state index contributed by atoms with van der Waals surface area (Å²) in [5.41, 5.74) is -0.148. The van der Waals surface area contributed by atoms with Gasteiger partial charge in [-0.1, -0.05) is 48.5 Å². The average Bonchev–Trinajstić information content (AvgIpc) is 2.52. The van der Waals surface area contributed by atoms with E-state index >= 15 is 0 Å². The molecule has 0 aromatic heterocycles. The van der Waals surface area contributed by atoms with Crippen LogP contribution in [0, 0.1) is 17.3 Å². The summed E-state index contributed by atoms with van der Waals surface area (Å²) >= 11 is 0. The maximum absolute atomic E-state index is 12.8. The first kappa shape index (κ1) is 17.5. The summed E-state index contributed by atoms with van der Waals surface area (Å²) in [6.07, 6.45) is 2.07. The van der Waals surface area contributed by atoms with Crippen LogP contribution in [0.5, 0.6) is 0 Å². The molecular formula is C17H34N2O. The Morgan fingerprint density at radius 3 is 2.25 bits per heavy atom. The van der Waals surface area contributed by atoms with E-state index in [0.717, 1.165) is 19.4 Å². The smallest absolute Gasteiger partial charge is 0.243 e. The van der Waals surface area contributed by atoms with Crippen LogP contribution in [-0.2, 0) is 4.79 Å². The molecule has 0 saturated carbocycles. The van der Waals surface area contributed by atoms with Crippen LogP contribution >= 0.6 is 0 Å². The van der Waals surface area contributed by atoms with Crippen LogP contribution in [0.4, 0.5) is 0 Å². The summed E-state index contributed by atoms with van der Waals surface area (Å²) in [6.45, 7) is 18.4. The first-order valence-corrected chi connectivity index (χ1v) is 8.10. The zero-order valence-electron chi connectivity index (χ0n) is 14.7. The SMILES string of the molecule is CCC1(C)NC(CC(C)C)N(CC(C)C(C)(C)C)C1=O. The summed E-state index contributed by atoms with van der Waals surface area (Å²) in [7, 11) is 0. The van der Waals surface area contributed by atoms with Crippen molar-refractivity contribution in [3.05, 3.63) is 0 Å². The third kappa shape index (κ3) is 3.75. The third-order valence-electron chi connectivity index (χ3n) is 4.95. The minimum atomic E-state index is -0.378. The number of amides is 1. The number of nitrogens with zero attached hydrogens (tertiary/aromatic N) is 1. The molecule has 0 bridgehead atoms. The maximum Gasteiger partial charge on any atom is 0.243 e. The monoisotopic (exact) mass is 282 g/mol. The van der Waals surface area contributed by atoms with E-state index in [0.29, 0.717) is 11.8 Å². The van der Waals surface area contributed by atoms with Crippen LogP contribution in [-0.4, -0.2) is 29.1 Å².